The molecule has 12 aliphatic carbocycles. The standard InChI is InChI=1S/2C33H37NO2.C24H27N/c2*1-21-7-5-8-22(2)30(21)31(35)36-25-14-16-32(3)24(19-25)10-11-26-28-13-12-27(23-9-6-18-34-20-23)33(28,4)17-15-29(26)32;1-23-13-4-3-7-18(23)8-9-19-21-11-10-20(17-6-5-15-25-16-17)24(21,2)14-12-22(19)23/h2*5-10,12-13,18,20,25-26,29H,11,14-17,19H2,1-4H3;3,5-8,10-11,15-16,19,22H,4,9,12-14H2,1-2H3/t25-,26+,29+,32+,33-;25-,26-,29-,32-,33+;19-,22-,23-,24+/m100/s1. The molecule has 0 saturated heterocycles. The summed E-state index contributed by atoms with van der Waals surface area (Å²) in [5.41, 5.74) is 24.4. The van der Waals surface area contributed by atoms with Gasteiger partial charge in [-0.15, -0.1) is 0 Å². The summed E-state index contributed by atoms with van der Waals surface area (Å²) in [6.45, 7) is 22.9. The van der Waals surface area contributed by atoms with Crippen LogP contribution in [0.3, 0.4) is 0 Å². The highest BCUT2D eigenvalue weighted by atomic mass is 16.5. The van der Waals surface area contributed by atoms with Crippen LogP contribution in [0.5, 0.6) is 0 Å². The minimum atomic E-state index is -0.160. The third-order valence-corrected chi connectivity index (χ3v) is 27.7. The molecule has 5 aromatic rings. The van der Waals surface area contributed by atoms with Crippen LogP contribution in [0, 0.1) is 95.7 Å². The van der Waals surface area contributed by atoms with Gasteiger partial charge in [0, 0.05) is 66.3 Å². The van der Waals surface area contributed by atoms with Gasteiger partial charge >= 0.3 is 11.9 Å². The minimum absolute atomic E-state index is 0.0224. The van der Waals surface area contributed by atoms with Gasteiger partial charge in [0.05, 0.1) is 11.1 Å². The predicted octanol–water partition coefficient (Wildman–Crippen LogP) is 21.7. The van der Waals surface area contributed by atoms with Crippen molar-refractivity contribution in [2.45, 2.75) is 191 Å². The molecular formula is C90H101N3O4. The molecule has 5 fully saturated rings. The van der Waals surface area contributed by atoms with E-state index in [1.807, 2.05) is 113 Å². The van der Waals surface area contributed by atoms with Crippen LogP contribution in [-0.4, -0.2) is 39.1 Å². The Morgan fingerprint density at radius 3 is 1.16 bits per heavy atom. The van der Waals surface area contributed by atoms with Crippen LogP contribution in [0.1, 0.15) is 210 Å². The molecule has 500 valence electrons. The highest BCUT2D eigenvalue weighted by Crippen LogP contribution is 2.68. The highest BCUT2D eigenvalue weighted by molar-refractivity contribution is 5.93. The largest absolute Gasteiger partial charge is 0.458 e. The summed E-state index contributed by atoms with van der Waals surface area (Å²) in [5, 5.41) is 0. The van der Waals surface area contributed by atoms with Crippen molar-refractivity contribution in [2.75, 3.05) is 0 Å². The molecule has 7 nitrogen and oxygen atoms in total. The van der Waals surface area contributed by atoms with Gasteiger partial charge in [0.2, 0.25) is 0 Å². The lowest BCUT2D eigenvalue weighted by molar-refractivity contribution is 0.00182. The Kier molecular flexibility index (Phi) is 16.9. The second kappa shape index (κ2) is 25.2. The monoisotopic (exact) mass is 1290 g/mol. The fraction of sp³-hybridized carbons (Fsp3) is 0.456. The maximum atomic E-state index is 13.1. The number of ether oxygens (including phenoxy) is 2. The Bertz CT molecular complexity index is 4050. The van der Waals surface area contributed by atoms with Crippen molar-refractivity contribution >= 4 is 28.7 Å². The fourth-order valence-corrected chi connectivity index (χ4v) is 22.3. The SMILES string of the molecule is C[C@]12CC[C@H]3[C@@H](CC=C4C=CCC[C@@]43C)C1=CC=C2c1cccnc1.Cc1cccc(C)c1C(=O)O[C@@H]1CC[C@@]2(C)C(=CC[C@H]3C4=CC=C(c5cccnc5)[C@@]4(C)CC[C@@H]32)C1.Cc1cccc(C)c1C(=O)O[C@H]1CC[C@@]2(C)C(=CC[C@H]3C4=CC=C(c5cccnc5)[C@@]4(C)CC[C@@H]32)C1. The second-order valence-corrected chi connectivity index (χ2v) is 32.7. The Morgan fingerprint density at radius 1 is 0.423 bits per heavy atom. The topological polar surface area (TPSA) is 91.3 Å². The van der Waals surface area contributed by atoms with Gasteiger partial charge in [0.15, 0.2) is 0 Å². The Balaban J connectivity index is 0.000000121. The average molecular weight is 1290 g/mol. The summed E-state index contributed by atoms with van der Waals surface area (Å²) < 4.78 is 12.2. The molecule has 0 bridgehead atoms. The normalized spacial score (nSPS) is 34.4. The summed E-state index contributed by atoms with van der Waals surface area (Å²) in [6, 6.07) is 24.8. The van der Waals surface area contributed by atoms with Crippen LogP contribution in [0.4, 0.5) is 0 Å². The number of benzene rings is 2. The van der Waals surface area contributed by atoms with E-state index in [1.54, 1.807) is 22.3 Å². The summed E-state index contributed by atoms with van der Waals surface area (Å²) in [6.07, 6.45) is 57.7. The molecule has 0 N–H and O–H groups in total. The first kappa shape index (κ1) is 65.2. The quantitative estimate of drug-likeness (QED) is 0.118. The number of pyridine rings is 3. The zero-order valence-electron chi connectivity index (χ0n) is 59.4. The summed E-state index contributed by atoms with van der Waals surface area (Å²) in [7, 11) is 0. The van der Waals surface area contributed by atoms with E-state index < -0.39 is 0 Å². The molecule has 0 unspecified atom stereocenters. The van der Waals surface area contributed by atoms with Gasteiger partial charge in [-0.05, 0) is 255 Å². The van der Waals surface area contributed by atoms with Crippen LogP contribution in [-0.2, 0) is 9.47 Å². The number of carbonyl (C=O) groups is 2. The molecule has 0 amide bonds. The molecule has 17 rings (SSSR count). The zero-order valence-corrected chi connectivity index (χ0v) is 59.4. The highest BCUT2D eigenvalue weighted by Gasteiger charge is 2.58. The number of esters is 2. The van der Waals surface area contributed by atoms with E-state index in [0.717, 1.165) is 90.7 Å². The molecule has 0 spiro atoms. The number of aromatic nitrogens is 3. The van der Waals surface area contributed by atoms with Crippen molar-refractivity contribution in [1.82, 2.24) is 15.0 Å². The van der Waals surface area contributed by atoms with Crippen LogP contribution in [0.2, 0.25) is 0 Å². The molecule has 0 aliphatic heterocycles. The molecule has 5 saturated carbocycles. The van der Waals surface area contributed by atoms with Gasteiger partial charge in [-0.3, -0.25) is 15.0 Å². The van der Waals surface area contributed by atoms with E-state index in [9.17, 15) is 9.59 Å². The first-order chi connectivity index (χ1) is 46.7. The zero-order chi connectivity index (χ0) is 67.2. The van der Waals surface area contributed by atoms with Gasteiger partial charge < -0.3 is 9.47 Å². The number of hydrogen-bond acceptors (Lipinski definition) is 7. The molecule has 0 radical (unpaired) electrons. The molecule has 12 aliphatic rings. The first-order valence-corrected chi connectivity index (χ1v) is 37.1. The van der Waals surface area contributed by atoms with Gasteiger partial charge in [0.1, 0.15) is 12.2 Å². The van der Waals surface area contributed by atoms with Crippen molar-refractivity contribution in [2.24, 2.45) is 68.0 Å². The molecule has 2 aromatic carbocycles. The smallest absolute Gasteiger partial charge is 0.338 e. The number of rotatable bonds is 7. The van der Waals surface area contributed by atoms with Crippen molar-refractivity contribution in [3.05, 3.63) is 260 Å². The van der Waals surface area contributed by atoms with Gasteiger partial charge in [-0.1, -0.05) is 191 Å². The lowest BCUT2D eigenvalue weighted by atomic mass is 9.49. The van der Waals surface area contributed by atoms with E-state index in [0.29, 0.717) is 35.0 Å². The van der Waals surface area contributed by atoms with E-state index in [-0.39, 0.29) is 51.2 Å². The minimum Gasteiger partial charge on any atom is -0.458 e. The third-order valence-electron chi connectivity index (χ3n) is 27.7. The number of aryl methyl sites for hydroxylation is 4. The maximum Gasteiger partial charge on any atom is 0.338 e. The molecule has 7 heteroatoms. The van der Waals surface area contributed by atoms with E-state index in [1.165, 1.54) is 102 Å². The van der Waals surface area contributed by atoms with Crippen LogP contribution in [0.25, 0.3) is 16.7 Å². The number of carbonyl (C=O) groups excluding carboxylic acids is 2. The Hall–Kier alpha value is -7.77. The molecule has 3 aromatic heterocycles. The van der Waals surface area contributed by atoms with E-state index in [4.69, 9.17) is 9.47 Å². The van der Waals surface area contributed by atoms with Gasteiger partial charge in [-0.25, -0.2) is 9.59 Å². The number of allylic oxidation sites excluding steroid dienone is 18. The van der Waals surface area contributed by atoms with Crippen molar-refractivity contribution in [1.29, 1.82) is 0 Å². The van der Waals surface area contributed by atoms with Gasteiger partial charge in [0.25, 0.3) is 0 Å². The molecule has 14 atom stereocenters. The van der Waals surface area contributed by atoms with Crippen molar-refractivity contribution < 1.29 is 19.1 Å². The van der Waals surface area contributed by atoms with Crippen LogP contribution >= 0.6 is 0 Å². The van der Waals surface area contributed by atoms with E-state index in [2.05, 4.69) is 148 Å². The van der Waals surface area contributed by atoms with Crippen molar-refractivity contribution in [3.8, 4) is 0 Å². The summed E-state index contributed by atoms with van der Waals surface area (Å²) in [5.74, 6) is 3.71. The molecule has 97 heavy (non-hydrogen) atoms. The summed E-state index contributed by atoms with van der Waals surface area (Å²) in [4.78, 5) is 39.3. The van der Waals surface area contributed by atoms with E-state index >= 15 is 0 Å². The van der Waals surface area contributed by atoms with Crippen LogP contribution < -0.4 is 0 Å². The third kappa shape index (κ3) is 11.0. The average Bonchev–Trinajstić information content (AvgIpc) is 1.70. The molecular weight excluding hydrogens is 1190 g/mol. The first-order valence-electron chi connectivity index (χ1n) is 37.1. The Morgan fingerprint density at radius 2 is 0.794 bits per heavy atom. The van der Waals surface area contributed by atoms with Crippen molar-refractivity contribution in [3.63, 3.8) is 0 Å². The predicted molar refractivity (Wildman–Crippen MR) is 393 cm³/mol. The number of nitrogens with zero attached hydrogens (tertiary/aromatic N) is 3. The molecule has 3 heterocycles. The fourth-order valence-electron chi connectivity index (χ4n) is 22.3. The summed E-state index contributed by atoms with van der Waals surface area (Å²) >= 11 is 0. The second-order valence-electron chi connectivity index (χ2n) is 32.7. The van der Waals surface area contributed by atoms with Crippen LogP contribution in [0.15, 0.2) is 210 Å². The number of hydrogen-bond donors (Lipinski definition) is 0. The van der Waals surface area contributed by atoms with Gasteiger partial charge in [-0.2, -0.15) is 0 Å². The lowest BCUT2D eigenvalue weighted by Crippen LogP contribution is -2.47. The maximum absolute atomic E-state index is 13.1. The number of fused-ring (bicyclic) bond motifs is 15. The lowest BCUT2D eigenvalue weighted by Gasteiger charge is -2.56. The Labute approximate surface area is 578 Å².